The molecule has 0 aliphatic heterocycles. The number of aromatic amines is 1. The third-order valence-electron chi connectivity index (χ3n) is 2.12. The first kappa shape index (κ1) is 9.15. The minimum Gasteiger partial charge on any atom is -0.495 e. The summed E-state index contributed by atoms with van der Waals surface area (Å²) < 4.78 is 6.43. The second-order valence-electron chi connectivity index (χ2n) is 3.01. The summed E-state index contributed by atoms with van der Waals surface area (Å²) in [5.41, 5.74) is 0.623. The third-order valence-corrected chi connectivity index (χ3v) is 2.41. The highest BCUT2D eigenvalue weighted by Crippen LogP contribution is 2.27. The fourth-order valence-electron chi connectivity index (χ4n) is 1.39. The van der Waals surface area contributed by atoms with Crippen LogP contribution in [0.2, 0.25) is 5.02 Å². The molecule has 0 atom stereocenters. The highest BCUT2D eigenvalue weighted by Gasteiger charge is 2.08. The Hall–Kier alpha value is -1.42. The van der Waals surface area contributed by atoms with Gasteiger partial charge in [0.2, 0.25) is 0 Å². The van der Waals surface area contributed by atoms with Crippen LogP contribution in [0, 0.1) is 0 Å². The Labute approximate surface area is 85.0 Å². The number of fused-ring (bicyclic) bond motifs is 1. The number of aryl methyl sites for hydroxylation is 1. The van der Waals surface area contributed by atoms with Crippen LogP contribution in [-0.4, -0.2) is 16.9 Å². The molecule has 5 heteroatoms. The van der Waals surface area contributed by atoms with Gasteiger partial charge in [0.1, 0.15) is 5.75 Å². The van der Waals surface area contributed by atoms with Crippen molar-refractivity contribution in [3.63, 3.8) is 0 Å². The standard InChI is InChI=1S/C9H9ClN2O2/c1-12-9(13)5-3-8(14-2)6(10)4-7(5)11-12/h3-4,11H,1-2H3. The molecule has 1 aromatic carbocycles. The zero-order chi connectivity index (χ0) is 10.3. The number of ether oxygens (including phenoxy) is 1. The monoisotopic (exact) mass is 212 g/mol. The van der Waals surface area contributed by atoms with E-state index in [9.17, 15) is 4.79 Å². The van der Waals surface area contributed by atoms with Crippen molar-refractivity contribution in [3.05, 3.63) is 27.5 Å². The average molecular weight is 213 g/mol. The maximum atomic E-state index is 11.5. The Morgan fingerprint density at radius 1 is 1.50 bits per heavy atom. The summed E-state index contributed by atoms with van der Waals surface area (Å²) >= 11 is 5.91. The number of hydrogen-bond donors (Lipinski definition) is 1. The van der Waals surface area contributed by atoms with E-state index in [2.05, 4.69) is 5.10 Å². The number of methoxy groups -OCH3 is 1. The minimum absolute atomic E-state index is 0.0880. The molecule has 2 rings (SSSR count). The van der Waals surface area contributed by atoms with Crippen molar-refractivity contribution in [2.24, 2.45) is 7.05 Å². The lowest BCUT2D eigenvalue weighted by Crippen LogP contribution is -2.11. The quantitative estimate of drug-likeness (QED) is 0.779. The van der Waals surface area contributed by atoms with E-state index in [1.54, 1.807) is 19.2 Å². The van der Waals surface area contributed by atoms with E-state index < -0.39 is 0 Å². The van der Waals surface area contributed by atoms with Crippen molar-refractivity contribution in [3.8, 4) is 5.75 Å². The molecule has 0 aliphatic rings. The van der Waals surface area contributed by atoms with Gasteiger partial charge in [-0.2, -0.15) is 0 Å². The van der Waals surface area contributed by atoms with Crippen LogP contribution in [0.15, 0.2) is 16.9 Å². The van der Waals surface area contributed by atoms with Crippen molar-refractivity contribution in [2.45, 2.75) is 0 Å². The third kappa shape index (κ3) is 1.19. The molecule has 1 aromatic heterocycles. The van der Waals surface area contributed by atoms with E-state index >= 15 is 0 Å². The van der Waals surface area contributed by atoms with Crippen LogP contribution in [0.5, 0.6) is 5.75 Å². The molecule has 0 saturated heterocycles. The molecule has 4 nitrogen and oxygen atoms in total. The molecule has 2 aromatic rings. The minimum atomic E-state index is -0.0880. The molecular weight excluding hydrogens is 204 g/mol. The molecule has 1 N–H and O–H groups in total. The molecule has 74 valence electrons. The molecule has 0 saturated carbocycles. The van der Waals surface area contributed by atoms with Crippen LogP contribution in [-0.2, 0) is 7.05 Å². The zero-order valence-electron chi connectivity index (χ0n) is 7.80. The summed E-state index contributed by atoms with van der Waals surface area (Å²) in [7, 11) is 3.17. The molecule has 0 unspecified atom stereocenters. The normalized spacial score (nSPS) is 10.8. The van der Waals surface area contributed by atoms with E-state index in [0.29, 0.717) is 21.7 Å². The molecule has 0 aliphatic carbocycles. The van der Waals surface area contributed by atoms with Gasteiger partial charge in [0.15, 0.2) is 0 Å². The lowest BCUT2D eigenvalue weighted by atomic mass is 10.2. The second-order valence-corrected chi connectivity index (χ2v) is 3.42. The number of rotatable bonds is 1. The average Bonchev–Trinajstić information content (AvgIpc) is 2.41. The second kappa shape index (κ2) is 3.06. The summed E-state index contributed by atoms with van der Waals surface area (Å²) in [5, 5.41) is 3.95. The number of H-pyrrole nitrogens is 1. The number of aromatic nitrogens is 2. The number of nitrogens with one attached hydrogen (secondary N) is 1. The number of benzene rings is 1. The van der Waals surface area contributed by atoms with E-state index in [1.807, 2.05) is 0 Å². The fraction of sp³-hybridized carbons (Fsp3) is 0.222. The highest BCUT2D eigenvalue weighted by atomic mass is 35.5. The molecule has 0 amide bonds. The number of halogens is 1. The molecule has 0 fully saturated rings. The van der Waals surface area contributed by atoms with Gasteiger partial charge in [-0.1, -0.05) is 11.6 Å². The van der Waals surface area contributed by atoms with Gasteiger partial charge in [-0.25, -0.2) is 0 Å². The molecular formula is C9H9ClN2O2. The summed E-state index contributed by atoms with van der Waals surface area (Å²) in [6.45, 7) is 0. The van der Waals surface area contributed by atoms with Crippen LogP contribution in [0.25, 0.3) is 10.9 Å². The van der Waals surface area contributed by atoms with E-state index in [-0.39, 0.29) is 5.56 Å². The zero-order valence-corrected chi connectivity index (χ0v) is 8.55. The van der Waals surface area contributed by atoms with Crippen molar-refractivity contribution < 1.29 is 4.74 Å². The van der Waals surface area contributed by atoms with E-state index in [1.165, 1.54) is 11.8 Å². The highest BCUT2D eigenvalue weighted by molar-refractivity contribution is 6.32. The Balaban J connectivity index is 2.87. The predicted octanol–water partition coefficient (Wildman–Crippen LogP) is 1.53. The van der Waals surface area contributed by atoms with Gasteiger partial charge in [0.05, 0.1) is 23.0 Å². The Morgan fingerprint density at radius 3 is 2.86 bits per heavy atom. The first-order valence-electron chi connectivity index (χ1n) is 4.05. The smallest absolute Gasteiger partial charge is 0.274 e. The van der Waals surface area contributed by atoms with Crippen LogP contribution >= 0.6 is 11.6 Å². The van der Waals surface area contributed by atoms with Crippen LogP contribution in [0.3, 0.4) is 0 Å². The lowest BCUT2D eigenvalue weighted by molar-refractivity contribution is 0.415. The van der Waals surface area contributed by atoms with Crippen LogP contribution in [0.4, 0.5) is 0 Å². The molecule has 0 bridgehead atoms. The van der Waals surface area contributed by atoms with Gasteiger partial charge < -0.3 is 4.74 Å². The van der Waals surface area contributed by atoms with Crippen molar-refractivity contribution in [1.82, 2.24) is 9.78 Å². The summed E-state index contributed by atoms with van der Waals surface area (Å²) in [4.78, 5) is 11.5. The van der Waals surface area contributed by atoms with Gasteiger partial charge in [0.25, 0.3) is 5.56 Å². The van der Waals surface area contributed by atoms with Gasteiger partial charge in [-0.05, 0) is 12.1 Å². The molecule has 14 heavy (non-hydrogen) atoms. The SMILES string of the molecule is COc1cc2c(=O)n(C)[nH]c2cc1Cl. The van der Waals surface area contributed by atoms with Crippen LogP contribution in [0.1, 0.15) is 0 Å². The number of hydrogen-bond acceptors (Lipinski definition) is 2. The topological polar surface area (TPSA) is 47.0 Å². The Kier molecular flexibility index (Phi) is 2.00. The summed E-state index contributed by atoms with van der Waals surface area (Å²) in [6, 6.07) is 3.31. The first-order chi connectivity index (χ1) is 6.63. The van der Waals surface area contributed by atoms with Crippen molar-refractivity contribution in [2.75, 3.05) is 7.11 Å². The van der Waals surface area contributed by atoms with Crippen LogP contribution < -0.4 is 10.3 Å². The maximum Gasteiger partial charge on any atom is 0.274 e. The lowest BCUT2D eigenvalue weighted by Gasteiger charge is -2.00. The molecule has 1 heterocycles. The largest absolute Gasteiger partial charge is 0.495 e. The van der Waals surface area contributed by atoms with Gasteiger partial charge in [-0.15, -0.1) is 0 Å². The molecule has 0 spiro atoms. The van der Waals surface area contributed by atoms with Gasteiger partial charge in [-0.3, -0.25) is 14.6 Å². The fourth-order valence-corrected chi connectivity index (χ4v) is 1.63. The van der Waals surface area contributed by atoms with Gasteiger partial charge in [0, 0.05) is 7.05 Å². The maximum absolute atomic E-state index is 11.5. The first-order valence-corrected chi connectivity index (χ1v) is 4.43. The van der Waals surface area contributed by atoms with Crippen molar-refractivity contribution in [1.29, 1.82) is 0 Å². The molecule has 0 radical (unpaired) electrons. The summed E-state index contributed by atoms with van der Waals surface area (Å²) in [6.07, 6.45) is 0. The van der Waals surface area contributed by atoms with Crippen molar-refractivity contribution >= 4 is 22.5 Å². The van der Waals surface area contributed by atoms with Gasteiger partial charge >= 0.3 is 0 Å². The number of nitrogens with zero attached hydrogens (tertiary/aromatic N) is 1. The summed E-state index contributed by atoms with van der Waals surface area (Å²) in [5.74, 6) is 0.510. The van der Waals surface area contributed by atoms with E-state index in [0.717, 1.165) is 0 Å². The Morgan fingerprint density at radius 2 is 2.21 bits per heavy atom. The predicted molar refractivity (Wildman–Crippen MR) is 55.1 cm³/mol. The van der Waals surface area contributed by atoms with E-state index in [4.69, 9.17) is 16.3 Å². The Bertz CT molecular complexity index is 541.